The maximum Gasteiger partial charge on any atom is 0.222 e. The van der Waals surface area contributed by atoms with E-state index in [1.807, 2.05) is 55.5 Å². The molecule has 5 nitrogen and oxygen atoms in total. The average Bonchev–Trinajstić information content (AvgIpc) is 2.66. The number of ether oxygens (including phenoxy) is 1. The summed E-state index contributed by atoms with van der Waals surface area (Å²) in [5, 5.41) is 5.92. The highest BCUT2D eigenvalue weighted by atomic mass is 79.9. The highest BCUT2D eigenvalue weighted by Gasteiger charge is 2.20. The Labute approximate surface area is 168 Å². The van der Waals surface area contributed by atoms with Crippen molar-refractivity contribution in [2.45, 2.75) is 38.8 Å². The van der Waals surface area contributed by atoms with Crippen LogP contribution in [0.15, 0.2) is 53.0 Å². The Morgan fingerprint density at radius 2 is 1.52 bits per heavy atom. The summed E-state index contributed by atoms with van der Waals surface area (Å²) in [6.07, 6.45) is 0.944. The molecule has 0 fully saturated rings. The molecule has 6 heteroatoms. The number of halogens is 1. The third-order valence-electron chi connectivity index (χ3n) is 4.30. The van der Waals surface area contributed by atoms with Crippen molar-refractivity contribution in [2.24, 2.45) is 0 Å². The molecule has 144 valence electrons. The lowest BCUT2D eigenvalue weighted by Crippen LogP contribution is -2.34. The Bertz CT molecular complexity index is 760. The number of hydrogen-bond acceptors (Lipinski definition) is 3. The van der Waals surface area contributed by atoms with Crippen molar-refractivity contribution >= 4 is 27.7 Å². The van der Waals surface area contributed by atoms with Crippen molar-refractivity contribution in [3.05, 3.63) is 64.1 Å². The Morgan fingerprint density at radius 3 is 2.04 bits per heavy atom. The largest absolute Gasteiger partial charge is 0.497 e. The minimum absolute atomic E-state index is 0.0700. The Balaban J connectivity index is 2.09. The molecule has 0 aliphatic carbocycles. The van der Waals surface area contributed by atoms with E-state index in [1.165, 1.54) is 6.92 Å². The Kier molecular flexibility index (Phi) is 7.85. The molecule has 2 aromatic carbocycles. The van der Waals surface area contributed by atoms with Gasteiger partial charge in [0.1, 0.15) is 5.75 Å². The quantitative estimate of drug-likeness (QED) is 0.653. The number of rotatable bonds is 8. The molecule has 27 heavy (non-hydrogen) atoms. The molecule has 0 bridgehead atoms. The third kappa shape index (κ3) is 6.40. The summed E-state index contributed by atoms with van der Waals surface area (Å²) in [4.78, 5) is 24.2. The van der Waals surface area contributed by atoms with Gasteiger partial charge in [-0.1, -0.05) is 47.1 Å². The standard InChI is InChI=1S/C21H25BrN2O3/c1-4-19(15-5-9-17(22)10-6-15)24-21(26)13-20(23-14(2)25)16-7-11-18(27-3)12-8-16/h5-12,19-20H,4,13H2,1-3H3,(H,23,25)(H,24,26). The van der Waals surface area contributed by atoms with Gasteiger partial charge in [0.15, 0.2) is 0 Å². The first-order valence-corrected chi connectivity index (χ1v) is 9.68. The lowest BCUT2D eigenvalue weighted by Gasteiger charge is -2.22. The zero-order valence-electron chi connectivity index (χ0n) is 15.8. The van der Waals surface area contributed by atoms with Gasteiger partial charge in [-0.2, -0.15) is 0 Å². The smallest absolute Gasteiger partial charge is 0.222 e. The maximum atomic E-state index is 12.6. The van der Waals surface area contributed by atoms with Crippen LogP contribution >= 0.6 is 15.9 Å². The van der Waals surface area contributed by atoms with Crippen molar-refractivity contribution in [3.63, 3.8) is 0 Å². The summed E-state index contributed by atoms with van der Waals surface area (Å²) < 4.78 is 6.16. The summed E-state index contributed by atoms with van der Waals surface area (Å²) in [6.45, 7) is 3.48. The van der Waals surface area contributed by atoms with E-state index in [9.17, 15) is 9.59 Å². The normalized spacial score (nSPS) is 12.7. The van der Waals surface area contributed by atoms with Crippen molar-refractivity contribution in [3.8, 4) is 5.75 Å². The van der Waals surface area contributed by atoms with Crippen molar-refractivity contribution in [1.82, 2.24) is 10.6 Å². The summed E-state index contributed by atoms with van der Waals surface area (Å²) in [6, 6.07) is 14.8. The van der Waals surface area contributed by atoms with E-state index in [0.717, 1.165) is 27.8 Å². The molecule has 0 saturated heterocycles. The fourth-order valence-electron chi connectivity index (χ4n) is 2.89. The molecule has 0 heterocycles. The van der Waals surface area contributed by atoms with Gasteiger partial charge in [0.25, 0.3) is 0 Å². The van der Waals surface area contributed by atoms with Gasteiger partial charge in [-0.15, -0.1) is 0 Å². The van der Waals surface area contributed by atoms with E-state index in [2.05, 4.69) is 26.6 Å². The second-order valence-electron chi connectivity index (χ2n) is 6.31. The summed E-state index contributed by atoms with van der Waals surface area (Å²) in [5.41, 5.74) is 1.91. The van der Waals surface area contributed by atoms with E-state index in [1.54, 1.807) is 7.11 Å². The summed E-state index contributed by atoms with van der Waals surface area (Å²) in [7, 11) is 1.60. The van der Waals surface area contributed by atoms with Crippen LogP contribution in [0.1, 0.15) is 49.9 Å². The zero-order valence-corrected chi connectivity index (χ0v) is 17.4. The number of hydrogen-bond donors (Lipinski definition) is 2. The number of benzene rings is 2. The van der Waals surface area contributed by atoms with Crippen LogP contribution in [0, 0.1) is 0 Å². The molecule has 2 unspecified atom stereocenters. The van der Waals surface area contributed by atoms with E-state index >= 15 is 0 Å². The van der Waals surface area contributed by atoms with Crippen LogP contribution in [0.25, 0.3) is 0 Å². The molecule has 0 aliphatic rings. The summed E-state index contributed by atoms with van der Waals surface area (Å²) >= 11 is 3.42. The number of amides is 2. The highest BCUT2D eigenvalue weighted by molar-refractivity contribution is 9.10. The lowest BCUT2D eigenvalue weighted by molar-refractivity contribution is -0.123. The highest BCUT2D eigenvalue weighted by Crippen LogP contribution is 2.23. The van der Waals surface area contributed by atoms with Gasteiger partial charge < -0.3 is 15.4 Å². The zero-order chi connectivity index (χ0) is 19.8. The van der Waals surface area contributed by atoms with Gasteiger partial charge in [0, 0.05) is 11.4 Å². The van der Waals surface area contributed by atoms with Gasteiger partial charge in [0.2, 0.25) is 11.8 Å². The molecule has 0 radical (unpaired) electrons. The predicted octanol–water partition coefficient (Wildman–Crippen LogP) is 4.29. The van der Waals surface area contributed by atoms with Crippen molar-refractivity contribution in [1.29, 1.82) is 0 Å². The number of nitrogens with one attached hydrogen (secondary N) is 2. The molecular formula is C21H25BrN2O3. The predicted molar refractivity (Wildman–Crippen MR) is 109 cm³/mol. The lowest BCUT2D eigenvalue weighted by atomic mass is 10.0. The number of methoxy groups -OCH3 is 1. The van der Waals surface area contributed by atoms with Crippen LogP contribution in [0.2, 0.25) is 0 Å². The second-order valence-corrected chi connectivity index (χ2v) is 7.23. The topological polar surface area (TPSA) is 67.4 Å². The van der Waals surface area contributed by atoms with Gasteiger partial charge in [-0.25, -0.2) is 0 Å². The SMILES string of the molecule is CCC(NC(=O)CC(NC(C)=O)c1ccc(OC)cc1)c1ccc(Br)cc1. The Morgan fingerprint density at radius 1 is 0.963 bits per heavy atom. The van der Waals surface area contributed by atoms with Gasteiger partial charge in [-0.3, -0.25) is 9.59 Å². The fraction of sp³-hybridized carbons (Fsp3) is 0.333. The van der Waals surface area contributed by atoms with Crippen molar-refractivity contribution < 1.29 is 14.3 Å². The van der Waals surface area contributed by atoms with Gasteiger partial charge in [-0.05, 0) is 41.8 Å². The van der Waals surface area contributed by atoms with Gasteiger partial charge in [0.05, 0.1) is 25.6 Å². The van der Waals surface area contributed by atoms with Crippen LogP contribution in [-0.4, -0.2) is 18.9 Å². The third-order valence-corrected chi connectivity index (χ3v) is 4.83. The van der Waals surface area contributed by atoms with E-state index in [4.69, 9.17) is 4.74 Å². The maximum absolute atomic E-state index is 12.6. The number of carbonyl (C=O) groups is 2. The molecule has 0 spiro atoms. The van der Waals surface area contributed by atoms with E-state index in [0.29, 0.717) is 0 Å². The van der Waals surface area contributed by atoms with Crippen LogP contribution in [0.3, 0.4) is 0 Å². The van der Waals surface area contributed by atoms with Crippen LogP contribution < -0.4 is 15.4 Å². The van der Waals surface area contributed by atoms with Crippen LogP contribution in [0.4, 0.5) is 0 Å². The molecule has 0 aliphatic heterocycles. The van der Waals surface area contributed by atoms with E-state index in [-0.39, 0.29) is 24.3 Å². The minimum atomic E-state index is -0.393. The van der Waals surface area contributed by atoms with Crippen LogP contribution in [0.5, 0.6) is 5.75 Å². The monoisotopic (exact) mass is 432 g/mol. The second kappa shape index (κ2) is 10.1. The first-order valence-electron chi connectivity index (χ1n) is 8.88. The molecule has 2 aromatic rings. The summed E-state index contributed by atoms with van der Waals surface area (Å²) in [5.74, 6) is 0.439. The molecule has 2 amide bonds. The molecule has 0 aromatic heterocycles. The van der Waals surface area contributed by atoms with Crippen LogP contribution in [-0.2, 0) is 9.59 Å². The first-order chi connectivity index (χ1) is 12.9. The molecular weight excluding hydrogens is 408 g/mol. The molecule has 2 N–H and O–H groups in total. The Hall–Kier alpha value is -2.34. The number of carbonyl (C=O) groups excluding carboxylic acids is 2. The molecule has 2 atom stereocenters. The molecule has 0 saturated carbocycles. The average molecular weight is 433 g/mol. The first kappa shape index (κ1) is 21.0. The van der Waals surface area contributed by atoms with Gasteiger partial charge >= 0.3 is 0 Å². The fourth-order valence-corrected chi connectivity index (χ4v) is 3.15. The van der Waals surface area contributed by atoms with E-state index < -0.39 is 6.04 Å². The van der Waals surface area contributed by atoms with Crippen molar-refractivity contribution in [2.75, 3.05) is 7.11 Å². The molecule has 2 rings (SSSR count). The minimum Gasteiger partial charge on any atom is -0.497 e.